The first-order chi connectivity index (χ1) is 12.4. The molecule has 1 aromatic rings. The van der Waals surface area contributed by atoms with Gasteiger partial charge in [-0.3, -0.25) is 0 Å². The van der Waals surface area contributed by atoms with E-state index < -0.39 is 0 Å². The molecule has 8 heteroatoms. The Morgan fingerprint density at radius 3 is 2.46 bits per heavy atom. The Bertz CT molecular complexity index is 593. The van der Waals surface area contributed by atoms with E-state index in [9.17, 15) is 0 Å². The van der Waals surface area contributed by atoms with Gasteiger partial charge in [0.1, 0.15) is 5.15 Å². The van der Waals surface area contributed by atoms with Crippen LogP contribution in [0, 0.1) is 5.92 Å². The van der Waals surface area contributed by atoms with Crippen LogP contribution in [0.5, 0.6) is 0 Å². The smallest absolute Gasteiger partial charge is 0.191 e. The fraction of sp³-hybridized carbons (Fsp3) is 0.722. The third-order valence-electron chi connectivity index (χ3n) is 4.74. The van der Waals surface area contributed by atoms with E-state index in [0.717, 1.165) is 57.5 Å². The van der Waals surface area contributed by atoms with Crippen LogP contribution in [0.3, 0.4) is 0 Å². The van der Waals surface area contributed by atoms with Gasteiger partial charge in [0.05, 0.1) is 11.6 Å². The Morgan fingerprint density at radius 2 is 1.88 bits per heavy atom. The van der Waals surface area contributed by atoms with Crippen LogP contribution in [0.15, 0.2) is 11.1 Å². The van der Waals surface area contributed by atoms with Crippen molar-refractivity contribution in [3.8, 4) is 0 Å². The van der Waals surface area contributed by atoms with Crippen molar-refractivity contribution in [1.29, 1.82) is 0 Å². The molecule has 1 aliphatic heterocycles. The number of piperazine rings is 1. The van der Waals surface area contributed by atoms with Crippen LogP contribution in [0.2, 0.25) is 10.2 Å². The molecule has 1 fully saturated rings. The summed E-state index contributed by atoms with van der Waals surface area (Å²) in [6, 6.07) is 1.87. The van der Waals surface area contributed by atoms with Crippen molar-refractivity contribution in [2.75, 3.05) is 52.9 Å². The summed E-state index contributed by atoms with van der Waals surface area (Å²) in [7, 11) is 4.09. The van der Waals surface area contributed by atoms with E-state index in [-0.39, 0.29) is 0 Å². The van der Waals surface area contributed by atoms with Crippen molar-refractivity contribution in [2.45, 2.75) is 20.4 Å². The zero-order chi connectivity index (χ0) is 19.1. The fourth-order valence-corrected chi connectivity index (χ4v) is 3.46. The van der Waals surface area contributed by atoms with Crippen molar-refractivity contribution < 1.29 is 0 Å². The maximum atomic E-state index is 6.12. The first kappa shape index (κ1) is 21.4. The summed E-state index contributed by atoms with van der Waals surface area (Å²) >= 11 is 12.2. The average Bonchev–Trinajstić information content (AvgIpc) is 2.86. The summed E-state index contributed by atoms with van der Waals surface area (Å²) in [6.45, 7) is 12.4. The number of likely N-dealkylation sites (N-methyl/N-ethyl adjacent to an activating group) is 1. The zero-order valence-electron chi connectivity index (χ0n) is 16.4. The van der Waals surface area contributed by atoms with Gasteiger partial charge >= 0.3 is 0 Å². The second-order valence-electron chi connectivity index (χ2n) is 7.12. The number of guanidine groups is 1. The number of halogens is 2. The van der Waals surface area contributed by atoms with Gasteiger partial charge in [-0.15, -0.1) is 0 Å². The Labute approximate surface area is 167 Å². The molecular weight excluding hydrogens is 371 g/mol. The van der Waals surface area contributed by atoms with Gasteiger partial charge in [0.2, 0.25) is 0 Å². The van der Waals surface area contributed by atoms with Crippen LogP contribution in [0.4, 0.5) is 0 Å². The van der Waals surface area contributed by atoms with Crippen LogP contribution in [0.1, 0.15) is 19.5 Å². The monoisotopic (exact) mass is 402 g/mol. The molecule has 2 rings (SSSR count). The van der Waals surface area contributed by atoms with Crippen molar-refractivity contribution in [1.82, 2.24) is 25.0 Å². The SMILES string of the molecule is CCNC(=NCc1cc(Cl)c(Cl)n1C)NCC(C)CN1CCN(C)CC1. The molecule has 1 aromatic heterocycles. The lowest BCUT2D eigenvalue weighted by atomic mass is 10.1. The van der Waals surface area contributed by atoms with Crippen LogP contribution in [0.25, 0.3) is 0 Å². The summed E-state index contributed by atoms with van der Waals surface area (Å²) in [6.07, 6.45) is 0. The normalized spacial score (nSPS) is 18.2. The van der Waals surface area contributed by atoms with Crippen molar-refractivity contribution in [3.05, 3.63) is 21.9 Å². The van der Waals surface area contributed by atoms with Crippen molar-refractivity contribution >= 4 is 29.2 Å². The van der Waals surface area contributed by atoms with E-state index in [4.69, 9.17) is 23.2 Å². The van der Waals surface area contributed by atoms with E-state index in [1.165, 1.54) is 0 Å². The molecule has 0 spiro atoms. The third kappa shape index (κ3) is 6.34. The molecule has 2 heterocycles. The number of aliphatic imine (C=N–C) groups is 1. The Morgan fingerprint density at radius 1 is 1.19 bits per heavy atom. The van der Waals surface area contributed by atoms with Gasteiger partial charge in [0.25, 0.3) is 0 Å². The highest BCUT2D eigenvalue weighted by molar-refractivity contribution is 6.41. The maximum absolute atomic E-state index is 6.12. The molecule has 6 nitrogen and oxygen atoms in total. The van der Waals surface area contributed by atoms with E-state index in [0.29, 0.717) is 22.6 Å². The van der Waals surface area contributed by atoms with Gasteiger partial charge in [0, 0.05) is 58.6 Å². The van der Waals surface area contributed by atoms with Crippen LogP contribution < -0.4 is 10.6 Å². The minimum atomic E-state index is 0.533. The summed E-state index contributed by atoms with van der Waals surface area (Å²) in [5.74, 6) is 1.38. The third-order valence-corrected chi connectivity index (χ3v) is 5.58. The molecule has 1 unspecified atom stereocenters. The van der Waals surface area contributed by atoms with Crippen LogP contribution in [-0.2, 0) is 13.6 Å². The quantitative estimate of drug-likeness (QED) is 0.542. The van der Waals surface area contributed by atoms with Gasteiger partial charge in [-0.25, -0.2) is 4.99 Å². The van der Waals surface area contributed by atoms with Gasteiger partial charge < -0.3 is 25.0 Å². The molecule has 1 atom stereocenters. The Hall–Kier alpha value is -0.950. The lowest BCUT2D eigenvalue weighted by Crippen LogP contribution is -2.47. The zero-order valence-corrected chi connectivity index (χ0v) is 17.9. The molecule has 2 N–H and O–H groups in total. The number of aromatic nitrogens is 1. The maximum Gasteiger partial charge on any atom is 0.191 e. The molecule has 0 aliphatic carbocycles. The van der Waals surface area contributed by atoms with Crippen molar-refractivity contribution in [3.63, 3.8) is 0 Å². The molecule has 0 aromatic carbocycles. The van der Waals surface area contributed by atoms with Gasteiger partial charge in [0.15, 0.2) is 5.96 Å². The highest BCUT2D eigenvalue weighted by atomic mass is 35.5. The van der Waals surface area contributed by atoms with Crippen LogP contribution in [-0.4, -0.2) is 73.2 Å². The molecule has 0 amide bonds. The number of rotatable bonds is 7. The average molecular weight is 403 g/mol. The first-order valence-corrected chi connectivity index (χ1v) is 10.1. The predicted octanol–water partition coefficient (Wildman–Crippen LogP) is 2.27. The van der Waals surface area contributed by atoms with E-state index in [2.05, 4.69) is 46.3 Å². The van der Waals surface area contributed by atoms with E-state index >= 15 is 0 Å². The Kier molecular flexibility index (Phi) is 8.54. The molecule has 0 saturated carbocycles. The molecule has 26 heavy (non-hydrogen) atoms. The molecule has 0 bridgehead atoms. The highest BCUT2D eigenvalue weighted by Crippen LogP contribution is 2.25. The van der Waals surface area contributed by atoms with Gasteiger partial charge in [-0.05, 0) is 26.0 Å². The summed E-state index contributed by atoms with van der Waals surface area (Å²) in [5.41, 5.74) is 0.989. The number of nitrogens with one attached hydrogen (secondary N) is 2. The predicted molar refractivity (Wildman–Crippen MR) is 111 cm³/mol. The largest absolute Gasteiger partial charge is 0.357 e. The standard InChI is InChI=1S/C18H32Cl2N6/c1-5-21-18(23-12-15-10-16(19)17(20)25(15)4)22-11-14(2)13-26-8-6-24(3)7-9-26/h10,14H,5-9,11-13H2,1-4H3,(H2,21,22,23). The fourth-order valence-electron chi connectivity index (χ4n) is 3.05. The first-order valence-electron chi connectivity index (χ1n) is 9.33. The minimum Gasteiger partial charge on any atom is -0.357 e. The van der Waals surface area contributed by atoms with Crippen LogP contribution >= 0.6 is 23.2 Å². The lowest BCUT2D eigenvalue weighted by Gasteiger charge is -2.34. The van der Waals surface area contributed by atoms with E-state index in [1.54, 1.807) is 0 Å². The topological polar surface area (TPSA) is 47.8 Å². The second kappa shape index (κ2) is 10.4. The van der Waals surface area contributed by atoms with Gasteiger partial charge in [-0.1, -0.05) is 30.1 Å². The lowest BCUT2D eigenvalue weighted by molar-refractivity contribution is 0.139. The second-order valence-corrected chi connectivity index (χ2v) is 7.88. The molecule has 1 aliphatic rings. The summed E-state index contributed by atoms with van der Waals surface area (Å²) in [5, 5.41) is 7.88. The summed E-state index contributed by atoms with van der Waals surface area (Å²) in [4.78, 5) is 9.60. The summed E-state index contributed by atoms with van der Waals surface area (Å²) < 4.78 is 1.87. The molecule has 1 saturated heterocycles. The van der Waals surface area contributed by atoms with E-state index in [1.807, 2.05) is 17.7 Å². The number of hydrogen-bond acceptors (Lipinski definition) is 3. The number of nitrogens with zero attached hydrogens (tertiary/aromatic N) is 4. The molecular formula is C18H32Cl2N6. The minimum absolute atomic E-state index is 0.533. The van der Waals surface area contributed by atoms with Crippen molar-refractivity contribution in [2.24, 2.45) is 18.0 Å². The molecule has 148 valence electrons. The number of hydrogen-bond donors (Lipinski definition) is 2. The Balaban J connectivity index is 1.83. The molecule has 0 radical (unpaired) electrons. The highest BCUT2D eigenvalue weighted by Gasteiger charge is 2.16. The van der Waals surface area contributed by atoms with Gasteiger partial charge in [-0.2, -0.15) is 0 Å².